The average Bonchev–Trinajstić information content (AvgIpc) is 3.08. The number of hydrogen-bond acceptors (Lipinski definition) is 2. The maximum Gasteiger partial charge on any atom is 0.466 e. The molecule has 0 amide bonds. The van der Waals surface area contributed by atoms with Crippen LogP contribution < -0.4 is 9.13 Å². The molecule has 0 bridgehead atoms. The van der Waals surface area contributed by atoms with Crippen LogP contribution in [0.1, 0.15) is 64.3 Å². The molecule has 3 aliphatic rings. The van der Waals surface area contributed by atoms with E-state index in [0.717, 1.165) is 17.7 Å². The van der Waals surface area contributed by atoms with Crippen molar-refractivity contribution in [2.45, 2.75) is 70.0 Å². The highest BCUT2D eigenvalue weighted by Gasteiger charge is 2.56. The maximum absolute atomic E-state index is 6.66. The second kappa shape index (κ2) is 9.03. The fraction of sp³-hybridized carbons (Fsp3) is 0.394. The minimum absolute atomic E-state index is 0.0170. The van der Waals surface area contributed by atoms with Crippen LogP contribution >= 0.6 is 0 Å². The van der Waals surface area contributed by atoms with Gasteiger partial charge in [-0.15, -0.1) is 0 Å². The predicted molar refractivity (Wildman–Crippen MR) is 152 cm³/mol. The minimum atomic E-state index is -0.391. The Bertz CT molecular complexity index is 1430. The van der Waals surface area contributed by atoms with Gasteiger partial charge in [0, 0.05) is 35.7 Å². The molecule has 6 rings (SSSR count). The van der Waals surface area contributed by atoms with Crippen LogP contribution in [0.3, 0.4) is 0 Å². The summed E-state index contributed by atoms with van der Waals surface area (Å²) in [6.07, 6.45) is 7.76. The number of pyridine rings is 2. The van der Waals surface area contributed by atoms with E-state index in [1.165, 1.54) is 22.4 Å². The Hall–Kier alpha value is -3.02. The molecule has 5 heteroatoms. The first kappa shape index (κ1) is 25.3. The molecule has 0 spiro atoms. The third-order valence-corrected chi connectivity index (χ3v) is 9.43. The average molecular weight is 506 g/mol. The largest absolute Gasteiger partial charge is 0.466 e. The van der Waals surface area contributed by atoms with Gasteiger partial charge in [0.15, 0.2) is 18.4 Å². The van der Waals surface area contributed by atoms with Crippen LogP contribution in [0.2, 0.25) is 5.82 Å². The molecule has 3 unspecified atom stereocenters. The lowest BCUT2D eigenvalue weighted by molar-refractivity contribution is -0.709. The van der Waals surface area contributed by atoms with Crippen LogP contribution in [0.15, 0.2) is 91.3 Å². The quantitative estimate of drug-likeness (QED) is 0.225. The number of fused-ring (bicyclic) bond motifs is 6. The summed E-state index contributed by atoms with van der Waals surface area (Å²) in [7, 11) is 1.73. The lowest BCUT2D eigenvalue weighted by atomic mass is 9.58. The molecule has 4 heterocycles. The molecule has 3 aromatic rings. The molecule has 194 valence electrons. The first-order valence-corrected chi connectivity index (χ1v) is 13.9. The van der Waals surface area contributed by atoms with E-state index in [1.54, 1.807) is 0 Å². The smallest absolute Gasteiger partial charge is 0.403 e. The molecular formula is C33H39BN2O2+2. The van der Waals surface area contributed by atoms with E-state index in [9.17, 15) is 0 Å². The van der Waals surface area contributed by atoms with E-state index in [4.69, 9.17) is 9.31 Å². The Morgan fingerprint density at radius 2 is 1.61 bits per heavy atom. The minimum Gasteiger partial charge on any atom is -0.403 e. The third-order valence-electron chi connectivity index (χ3n) is 9.43. The summed E-state index contributed by atoms with van der Waals surface area (Å²) in [5, 5.41) is 0. The molecule has 4 nitrogen and oxygen atoms in total. The van der Waals surface area contributed by atoms with E-state index >= 15 is 0 Å². The molecule has 1 aliphatic carbocycles. The monoisotopic (exact) mass is 506 g/mol. The molecule has 4 atom stereocenters. The fourth-order valence-electron chi connectivity index (χ4n) is 6.62. The van der Waals surface area contributed by atoms with Crippen molar-refractivity contribution in [2.75, 3.05) is 0 Å². The molecule has 1 saturated heterocycles. The fourth-order valence-corrected chi connectivity index (χ4v) is 6.62. The van der Waals surface area contributed by atoms with Crippen LogP contribution in [0.4, 0.5) is 0 Å². The van der Waals surface area contributed by atoms with Crippen molar-refractivity contribution in [3.63, 3.8) is 0 Å². The topological polar surface area (TPSA) is 26.2 Å². The van der Waals surface area contributed by atoms with Crippen molar-refractivity contribution in [2.24, 2.45) is 13.0 Å². The van der Waals surface area contributed by atoms with Crippen LogP contribution in [0.5, 0.6) is 0 Å². The Balaban J connectivity index is 1.34. The van der Waals surface area contributed by atoms with Crippen molar-refractivity contribution in [1.29, 1.82) is 0 Å². The highest BCUT2D eigenvalue weighted by Crippen LogP contribution is 2.53. The van der Waals surface area contributed by atoms with Crippen LogP contribution in [0.25, 0.3) is 16.8 Å². The van der Waals surface area contributed by atoms with Crippen molar-refractivity contribution < 1.29 is 18.4 Å². The zero-order chi connectivity index (χ0) is 26.8. The number of rotatable bonds is 6. The van der Waals surface area contributed by atoms with E-state index in [-0.39, 0.29) is 18.9 Å². The number of benzene rings is 1. The lowest BCUT2D eigenvalue weighted by Gasteiger charge is -2.39. The molecular weight excluding hydrogens is 467 g/mol. The zero-order valence-electron chi connectivity index (χ0n) is 23.5. The zero-order valence-corrected chi connectivity index (χ0v) is 23.5. The Morgan fingerprint density at radius 1 is 0.947 bits per heavy atom. The molecule has 38 heavy (non-hydrogen) atoms. The molecule has 2 aliphatic heterocycles. The number of allylic oxidation sites excluding steroid dienone is 3. The summed E-state index contributed by atoms with van der Waals surface area (Å²) in [4.78, 5) is 0. The van der Waals surface area contributed by atoms with E-state index in [0.29, 0.717) is 12.0 Å². The van der Waals surface area contributed by atoms with Gasteiger partial charge in [-0.3, -0.25) is 0 Å². The molecule has 0 N–H and O–H groups in total. The van der Waals surface area contributed by atoms with Gasteiger partial charge in [0.25, 0.3) is 0 Å². The predicted octanol–water partition coefficient (Wildman–Crippen LogP) is 6.25. The first-order chi connectivity index (χ1) is 18.1. The van der Waals surface area contributed by atoms with Crippen molar-refractivity contribution in [3.05, 3.63) is 103 Å². The van der Waals surface area contributed by atoms with Crippen molar-refractivity contribution >= 4 is 12.7 Å². The van der Waals surface area contributed by atoms with Gasteiger partial charge < -0.3 is 9.31 Å². The highest BCUT2D eigenvalue weighted by molar-refractivity contribution is 6.50. The van der Waals surface area contributed by atoms with Gasteiger partial charge in [-0.05, 0) is 69.9 Å². The van der Waals surface area contributed by atoms with E-state index in [2.05, 4.69) is 137 Å². The number of aromatic nitrogens is 2. The summed E-state index contributed by atoms with van der Waals surface area (Å²) in [5.41, 5.74) is 6.99. The Kier molecular flexibility index (Phi) is 6.01. The van der Waals surface area contributed by atoms with Crippen LogP contribution in [-0.2, 0) is 16.4 Å². The third kappa shape index (κ3) is 3.90. The SMILES string of the molecule is C=C(c1cccc[n+]1C)C(B1OC(C)(C)C(C)(C)O1)[C@H](C)CC1=CC2C1c1ccccc1-c1cccc[n+]12. The van der Waals surface area contributed by atoms with Gasteiger partial charge in [0.1, 0.15) is 7.05 Å². The summed E-state index contributed by atoms with van der Waals surface area (Å²) in [6, 6.07) is 22.1. The highest BCUT2D eigenvalue weighted by atomic mass is 16.7. The summed E-state index contributed by atoms with van der Waals surface area (Å²) in [5.74, 6) is 0.691. The van der Waals surface area contributed by atoms with Crippen LogP contribution in [0, 0.1) is 5.92 Å². The Labute approximate surface area is 227 Å². The summed E-state index contributed by atoms with van der Waals surface area (Å²) >= 11 is 0. The number of nitrogens with zero attached hydrogens (tertiary/aromatic N) is 2. The first-order valence-electron chi connectivity index (χ1n) is 13.9. The standard InChI is InChI=1S/C33H39BN2O2/c1-22(20-24-21-29-30(24)26-15-9-8-14-25(26)28-17-11-13-19-36(28)29)31(23(2)27-16-10-12-18-35(27)7)34-37-32(3,4)33(5,6)38-34/h8-19,21-22,29-31H,2,20H2,1,3-7H3/q+2/t22-,29?,30?,31?/m1/s1. The molecule has 2 aromatic heterocycles. The Morgan fingerprint density at radius 3 is 2.34 bits per heavy atom. The summed E-state index contributed by atoms with van der Waals surface area (Å²) in [6.45, 7) is 15.5. The molecule has 1 aromatic carbocycles. The van der Waals surface area contributed by atoms with Crippen molar-refractivity contribution in [1.82, 2.24) is 0 Å². The van der Waals surface area contributed by atoms with Crippen LogP contribution in [-0.4, -0.2) is 18.3 Å². The number of hydrogen-bond donors (Lipinski definition) is 0. The molecule has 0 radical (unpaired) electrons. The lowest BCUT2D eigenvalue weighted by Crippen LogP contribution is -2.50. The van der Waals surface area contributed by atoms with E-state index < -0.39 is 11.2 Å². The van der Waals surface area contributed by atoms with Gasteiger partial charge >= 0.3 is 7.12 Å². The molecule has 1 fully saturated rings. The van der Waals surface area contributed by atoms with Crippen molar-refractivity contribution in [3.8, 4) is 11.3 Å². The van der Waals surface area contributed by atoms with Gasteiger partial charge in [0.2, 0.25) is 11.4 Å². The summed E-state index contributed by atoms with van der Waals surface area (Å²) < 4.78 is 17.9. The second-order valence-electron chi connectivity index (χ2n) is 12.3. The molecule has 0 saturated carbocycles. The second-order valence-corrected chi connectivity index (χ2v) is 12.3. The maximum atomic E-state index is 6.66. The van der Waals surface area contributed by atoms with Gasteiger partial charge in [-0.2, -0.15) is 4.57 Å². The normalized spacial score (nSPS) is 23.8. The van der Waals surface area contributed by atoms with Gasteiger partial charge in [0.05, 0.1) is 22.7 Å². The van der Waals surface area contributed by atoms with Gasteiger partial charge in [-0.25, -0.2) is 4.57 Å². The van der Waals surface area contributed by atoms with Gasteiger partial charge in [-0.1, -0.05) is 37.3 Å². The van der Waals surface area contributed by atoms with E-state index in [1.807, 2.05) is 0 Å². The number of aryl methyl sites for hydroxylation is 1.